The topological polar surface area (TPSA) is 48.2 Å². The summed E-state index contributed by atoms with van der Waals surface area (Å²) in [5.74, 6) is 2.23. The van der Waals surface area contributed by atoms with Gasteiger partial charge in [-0.15, -0.1) is 0 Å². The van der Waals surface area contributed by atoms with Crippen molar-refractivity contribution in [1.29, 1.82) is 0 Å². The van der Waals surface area contributed by atoms with Crippen molar-refractivity contribution in [3.05, 3.63) is 39.4 Å². The van der Waals surface area contributed by atoms with Crippen LogP contribution in [-0.4, -0.2) is 10.1 Å². The first-order chi connectivity index (χ1) is 9.04. The lowest BCUT2D eigenvalue weighted by molar-refractivity contribution is 0.242. The van der Waals surface area contributed by atoms with Crippen LogP contribution in [0.25, 0.3) is 0 Å². The number of aromatic nitrogens is 2. The van der Waals surface area contributed by atoms with Crippen molar-refractivity contribution in [3.8, 4) is 5.75 Å². The van der Waals surface area contributed by atoms with Gasteiger partial charge in [0.2, 0.25) is 0 Å². The highest BCUT2D eigenvalue weighted by molar-refractivity contribution is 9.10. The Morgan fingerprint density at radius 1 is 1.42 bits per heavy atom. The van der Waals surface area contributed by atoms with Crippen LogP contribution in [0.5, 0.6) is 5.75 Å². The van der Waals surface area contributed by atoms with Crippen LogP contribution >= 0.6 is 27.5 Å². The van der Waals surface area contributed by atoms with E-state index in [0.29, 0.717) is 28.4 Å². The standard InChI is InChI=1S/C13H14BrClN2O2/c1-8(2)5-12-16-13(19-17-12)7-18-11-6-9(14)3-4-10(11)15/h3-4,6,8H,5,7H2,1-2H3. The maximum Gasteiger partial charge on any atom is 0.264 e. The van der Waals surface area contributed by atoms with Gasteiger partial charge in [-0.1, -0.05) is 46.5 Å². The van der Waals surface area contributed by atoms with Gasteiger partial charge in [-0.25, -0.2) is 0 Å². The van der Waals surface area contributed by atoms with Gasteiger partial charge in [0, 0.05) is 10.9 Å². The van der Waals surface area contributed by atoms with E-state index in [2.05, 4.69) is 39.9 Å². The minimum Gasteiger partial charge on any atom is -0.482 e. The van der Waals surface area contributed by atoms with E-state index in [1.165, 1.54) is 0 Å². The summed E-state index contributed by atoms with van der Waals surface area (Å²) >= 11 is 9.39. The van der Waals surface area contributed by atoms with Gasteiger partial charge in [-0.05, 0) is 24.1 Å². The van der Waals surface area contributed by atoms with E-state index in [1.54, 1.807) is 12.1 Å². The average molecular weight is 346 g/mol. The highest BCUT2D eigenvalue weighted by Crippen LogP contribution is 2.28. The zero-order valence-electron chi connectivity index (χ0n) is 10.7. The summed E-state index contributed by atoms with van der Waals surface area (Å²) in [4.78, 5) is 4.26. The van der Waals surface area contributed by atoms with Crippen LogP contribution < -0.4 is 4.74 Å². The van der Waals surface area contributed by atoms with Gasteiger partial charge in [0.15, 0.2) is 12.4 Å². The van der Waals surface area contributed by atoms with Crippen molar-refractivity contribution in [1.82, 2.24) is 10.1 Å². The fourth-order valence-corrected chi connectivity index (χ4v) is 2.04. The molecule has 1 aromatic carbocycles. The zero-order chi connectivity index (χ0) is 13.8. The number of rotatable bonds is 5. The number of ether oxygens (including phenoxy) is 1. The molecule has 2 aromatic rings. The lowest BCUT2D eigenvalue weighted by Crippen LogP contribution is -1.99. The molecule has 1 heterocycles. The largest absolute Gasteiger partial charge is 0.482 e. The van der Waals surface area contributed by atoms with Crippen molar-refractivity contribution in [2.24, 2.45) is 5.92 Å². The van der Waals surface area contributed by atoms with E-state index >= 15 is 0 Å². The molecule has 0 aliphatic rings. The molecule has 19 heavy (non-hydrogen) atoms. The van der Waals surface area contributed by atoms with Crippen LogP contribution in [-0.2, 0) is 13.0 Å². The van der Waals surface area contributed by atoms with Gasteiger partial charge in [0.25, 0.3) is 5.89 Å². The highest BCUT2D eigenvalue weighted by atomic mass is 79.9. The maximum absolute atomic E-state index is 6.02. The molecular weight excluding hydrogens is 332 g/mol. The molecule has 0 saturated heterocycles. The summed E-state index contributed by atoms with van der Waals surface area (Å²) in [5, 5.41) is 4.45. The summed E-state index contributed by atoms with van der Waals surface area (Å²) in [7, 11) is 0. The Morgan fingerprint density at radius 3 is 2.95 bits per heavy atom. The van der Waals surface area contributed by atoms with E-state index < -0.39 is 0 Å². The van der Waals surface area contributed by atoms with Crippen LogP contribution in [0.1, 0.15) is 25.6 Å². The first-order valence-electron chi connectivity index (χ1n) is 5.94. The van der Waals surface area contributed by atoms with Gasteiger partial charge in [0.05, 0.1) is 5.02 Å². The van der Waals surface area contributed by atoms with E-state index in [1.807, 2.05) is 6.07 Å². The Hall–Kier alpha value is -1.07. The molecule has 0 aliphatic heterocycles. The molecule has 0 saturated carbocycles. The van der Waals surface area contributed by atoms with Crippen LogP contribution in [0.2, 0.25) is 5.02 Å². The average Bonchev–Trinajstić information content (AvgIpc) is 2.77. The maximum atomic E-state index is 6.02. The molecule has 0 fully saturated rings. The van der Waals surface area contributed by atoms with Gasteiger partial charge in [0.1, 0.15) is 5.75 Å². The fourth-order valence-electron chi connectivity index (χ4n) is 1.52. The highest BCUT2D eigenvalue weighted by Gasteiger charge is 2.10. The Bertz CT molecular complexity index is 557. The predicted molar refractivity (Wildman–Crippen MR) is 76.3 cm³/mol. The molecule has 0 atom stereocenters. The second-order valence-corrected chi connectivity index (χ2v) is 5.89. The molecule has 0 spiro atoms. The third-order valence-electron chi connectivity index (χ3n) is 2.35. The Morgan fingerprint density at radius 2 is 2.21 bits per heavy atom. The van der Waals surface area contributed by atoms with Crippen LogP contribution in [0.3, 0.4) is 0 Å². The Kier molecular flexibility index (Phi) is 4.82. The second kappa shape index (κ2) is 6.39. The fraction of sp³-hybridized carbons (Fsp3) is 0.385. The number of hydrogen-bond donors (Lipinski definition) is 0. The van der Waals surface area contributed by atoms with Gasteiger partial charge in [-0.3, -0.25) is 0 Å². The molecule has 2 rings (SSSR count). The number of hydrogen-bond acceptors (Lipinski definition) is 4. The second-order valence-electron chi connectivity index (χ2n) is 4.57. The van der Waals surface area contributed by atoms with Gasteiger partial charge < -0.3 is 9.26 Å². The molecule has 0 unspecified atom stereocenters. The molecule has 0 aliphatic carbocycles. The first-order valence-corrected chi connectivity index (χ1v) is 7.11. The summed E-state index contributed by atoms with van der Waals surface area (Å²) in [5.41, 5.74) is 0. The SMILES string of the molecule is CC(C)Cc1noc(COc2cc(Br)ccc2Cl)n1. The number of nitrogens with zero attached hydrogens (tertiary/aromatic N) is 2. The van der Waals surface area contributed by atoms with Crippen LogP contribution in [0.15, 0.2) is 27.2 Å². The van der Waals surface area contributed by atoms with Crippen molar-refractivity contribution in [2.45, 2.75) is 26.9 Å². The van der Waals surface area contributed by atoms with E-state index in [0.717, 1.165) is 10.9 Å². The molecule has 0 N–H and O–H groups in total. The molecule has 4 nitrogen and oxygen atoms in total. The molecule has 1 aromatic heterocycles. The summed E-state index contributed by atoms with van der Waals surface area (Å²) in [6.07, 6.45) is 0.793. The minimum absolute atomic E-state index is 0.210. The number of benzene rings is 1. The first kappa shape index (κ1) is 14.3. The molecule has 0 bridgehead atoms. The molecule has 0 amide bonds. The lowest BCUT2D eigenvalue weighted by Gasteiger charge is -2.05. The third kappa shape index (κ3) is 4.21. The van der Waals surface area contributed by atoms with Crippen molar-refractivity contribution < 1.29 is 9.26 Å². The van der Waals surface area contributed by atoms with E-state index in [4.69, 9.17) is 20.9 Å². The van der Waals surface area contributed by atoms with Gasteiger partial charge >= 0.3 is 0 Å². The Labute approximate surface area is 125 Å². The Balaban J connectivity index is 1.98. The quantitative estimate of drug-likeness (QED) is 0.812. The van der Waals surface area contributed by atoms with Gasteiger partial charge in [-0.2, -0.15) is 4.98 Å². The molecule has 102 valence electrons. The number of halogens is 2. The minimum atomic E-state index is 0.210. The normalized spacial score (nSPS) is 11.0. The van der Waals surface area contributed by atoms with E-state index in [9.17, 15) is 0 Å². The molecular formula is C13H14BrClN2O2. The smallest absolute Gasteiger partial charge is 0.264 e. The summed E-state index contributed by atoms with van der Waals surface area (Å²) in [6.45, 7) is 4.42. The van der Waals surface area contributed by atoms with Crippen molar-refractivity contribution in [3.63, 3.8) is 0 Å². The summed E-state index contributed by atoms with van der Waals surface area (Å²) < 4.78 is 11.6. The monoisotopic (exact) mass is 344 g/mol. The molecule has 0 radical (unpaired) electrons. The van der Waals surface area contributed by atoms with Crippen molar-refractivity contribution in [2.75, 3.05) is 0 Å². The third-order valence-corrected chi connectivity index (χ3v) is 3.15. The van der Waals surface area contributed by atoms with E-state index in [-0.39, 0.29) is 6.61 Å². The zero-order valence-corrected chi connectivity index (χ0v) is 13.0. The summed E-state index contributed by atoms with van der Waals surface area (Å²) in [6, 6.07) is 5.41. The lowest BCUT2D eigenvalue weighted by atomic mass is 10.1. The molecule has 6 heteroatoms. The van der Waals surface area contributed by atoms with Crippen molar-refractivity contribution >= 4 is 27.5 Å². The van der Waals surface area contributed by atoms with Crippen LogP contribution in [0.4, 0.5) is 0 Å². The van der Waals surface area contributed by atoms with Crippen LogP contribution in [0, 0.1) is 5.92 Å². The predicted octanol–water partition coefficient (Wildman–Crippen LogP) is 4.26.